The number of esters is 1. The van der Waals surface area contributed by atoms with Gasteiger partial charge in [0.05, 0.1) is 13.7 Å². The van der Waals surface area contributed by atoms with E-state index in [9.17, 15) is 9.59 Å². The highest BCUT2D eigenvalue weighted by atomic mass is 16.5. The number of benzene rings is 1. The molecule has 0 spiro atoms. The first-order valence-corrected chi connectivity index (χ1v) is 5.95. The molecule has 0 heterocycles. The summed E-state index contributed by atoms with van der Waals surface area (Å²) in [5.74, 6) is 0.234. The number of anilines is 1. The summed E-state index contributed by atoms with van der Waals surface area (Å²) < 4.78 is 9.79. The lowest BCUT2D eigenvalue weighted by Crippen LogP contribution is -2.41. The highest BCUT2D eigenvalue weighted by molar-refractivity contribution is 5.92. The van der Waals surface area contributed by atoms with E-state index >= 15 is 0 Å². The predicted molar refractivity (Wildman–Crippen MR) is 71.2 cm³/mol. The molecule has 0 aliphatic carbocycles. The van der Waals surface area contributed by atoms with Crippen molar-refractivity contribution < 1.29 is 19.1 Å². The number of urea groups is 1. The third-order valence-corrected chi connectivity index (χ3v) is 2.33. The number of amides is 2. The van der Waals surface area contributed by atoms with E-state index in [4.69, 9.17) is 4.74 Å². The van der Waals surface area contributed by atoms with Gasteiger partial charge in [0.15, 0.2) is 0 Å². The lowest BCUT2D eigenvalue weighted by molar-refractivity contribution is -0.142. The molecule has 1 aromatic carbocycles. The fourth-order valence-corrected chi connectivity index (χ4v) is 1.40. The van der Waals surface area contributed by atoms with E-state index in [0.29, 0.717) is 12.3 Å². The van der Waals surface area contributed by atoms with Crippen LogP contribution in [0, 0.1) is 0 Å². The van der Waals surface area contributed by atoms with Crippen molar-refractivity contribution >= 4 is 17.7 Å². The Bertz CT molecular complexity index is 431. The summed E-state index contributed by atoms with van der Waals surface area (Å²) in [5, 5.41) is 5.07. The van der Waals surface area contributed by atoms with Gasteiger partial charge in [-0.2, -0.15) is 0 Å². The maximum Gasteiger partial charge on any atom is 0.328 e. The van der Waals surface area contributed by atoms with Gasteiger partial charge in [0.1, 0.15) is 11.8 Å². The quantitative estimate of drug-likeness (QED) is 0.796. The standard InChI is InChI=1S/C13H18N2O4/c1-4-19-11-7-5-10(6-8-11)15-13(17)14-9(2)12(16)18-3/h5-9H,4H2,1-3H3,(H2,14,15,17)/t9-/m0/s1. The average Bonchev–Trinajstić information content (AvgIpc) is 2.40. The van der Waals surface area contributed by atoms with Crippen LogP contribution in [-0.4, -0.2) is 31.8 Å². The summed E-state index contributed by atoms with van der Waals surface area (Å²) in [4.78, 5) is 22.7. The molecule has 0 radical (unpaired) electrons. The zero-order valence-electron chi connectivity index (χ0n) is 11.2. The average molecular weight is 266 g/mol. The van der Waals surface area contributed by atoms with Crippen molar-refractivity contribution in [1.82, 2.24) is 5.32 Å². The Labute approximate surface area is 112 Å². The summed E-state index contributed by atoms with van der Waals surface area (Å²) >= 11 is 0. The predicted octanol–water partition coefficient (Wildman–Crippen LogP) is 1.77. The number of hydrogen-bond acceptors (Lipinski definition) is 4. The molecule has 19 heavy (non-hydrogen) atoms. The molecule has 0 saturated heterocycles. The van der Waals surface area contributed by atoms with Gasteiger partial charge in [-0.15, -0.1) is 0 Å². The van der Waals surface area contributed by atoms with Crippen molar-refractivity contribution in [3.8, 4) is 5.75 Å². The van der Waals surface area contributed by atoms with Crippen LogP contribution >= 0.6 is 0 Å². The first kappa shape index (κ1) is 14.8. The van der Waals surface area contributed by atoms with Gasteiger partial charge in [-0.25, -0.2) is 9.59 Å². The summed E-state index contributed by atoms with van der Waals surface area (Å²) in [6.07, 6.45) is 0. The number of methoxy groups -OCH3 is 1. The topological polar surface area (TPSA) is 76.7 Å². The van der Waals surface area contributed by atoms with Crippen LogP contribution in [0.2, 0.25) is 0 Å². The maximum absolute atomic E-state index is 11.6. The van der Waals surface area contributed by atoms with E-state index in [1.165, 1.54) is 7.11 Å². The molecule has 1 aromatic rings. The molecule has 1 atom stereocenters. The number of ether oxygens (including phenoxy) is 2. The molecule has 0 aliphatic heterocycles. The lowest BCUT2D eigenvalue weighted by atomic mass is 10.3. The van der Waals surface area contributed by atoms with Crippen LogP contribution in [0.1, 0.15) is 13.8 Å². The van der Waals surface area contributed by atoms with Gasteiger partial charge in [-0.05, 0) is 38.1 Å². The molecule has 2 N–H and O–H groups in total. The van der Waals surface area contributed by atoms with E-state index in [-0.39, 0.29) is 0 Å². The third kappa shape index (κ3) is 4.87. The van der Waals surface area contributed by atoms with E-state index in [2.05, 4.69) is 15.4 Å². The maximum atomic E-state index is 11.6. The Morgan fingerprint density at radius 2 is 1.89 bits per heavy atom. The molecule has 6 nitrogen and oxygen atoms in total. The van der Waals surface area contributed by atoms with Crippen molar-refractivity contribution in [1.29, 1.82) is 0 Å². The number of hydrogen-bond donors (Lipinski definition) is 2. The third-order valence-electron chi connectivity index (χ3n) is 2.33. The molecule has 0 unspecified atom stereocenters. The second-order valence-corrected chi connectivity index (χ2v) is 3.80. The fraction of sp³-hybridized carbons (Fsp3) is 0.385. The highest BCUT2D eigenvalue weighted by Crippen LogP contribution is 2.15. The summed E-state index contributed by atoms with van der Waals surface area (Å²) in [7, 11) is 1.27. The molecule has 1 rings (SSSR count). The van der Waals surface area contributed by atoms with Crippen LogP contribution in [-0.2, 0) is 9.53 Å². The normalized spacial score (nSPS) is 11.3. The molecule has 2 amide bonds. The molecule has 0 fully saturated rings. The largest absolute Gasteiger partial charge is 0.494 e. The second-order valence-electron chi connectivity index (χ2n) is 3.80. The van der Waals surface area contributed by atoms with Crippen molar-refractivity contribution in [3.05, 3.63) is 24.3 Å². The highest BCUT2D eigenvalue weighted by Gasteiger charge is 2.15. The zero-order chi connectivity index (χ0) is 14.3. The first-order chi connectivity index (χ1) is 9.06. The Morgan fingerprint density at radius 1 is 1.26 bits per heavy atom. The Morgan fingerprint density at radius 3 is 2.42 bits per heavy atom. The van der Waals surface area contributed by atoms with Crippen LogP contribution < -0.4 is 15.4 Å². The summed E-state index contributed by atoms with van der Waals surface area (Å²) in [6, 6.07) is 5.77. The number of carbonyl (C=O) groups excluding carboxylic acids is 2. The van der Waals surface area contributed by atoms with Crippen molar-refractivity contribution in [2.24, 2.45) is 0 Å². The van der Waals surface area contributed by atoms with E-state index in [1.54, 1.807) is 31.2 Å². The molecule has 0 saturated carbocycles. The van der Waals surface area contributed by atoms with Crippen LogP contribution in [0.5, 0.6) is 5.75 Å². The van der Waals surface area contributed by atoms with Crippen LogP contribution in [0.25, 0.3) is 0 Å². The van der Waals surface area contributed by atoms with Gasteiger partial charge in [-0.1, -0.05) is 0 Å². The number of rotatable bonds is 5. The van der Waals surface area contributed by atoms with Crippen molar-refractivity contribution in [2.75, 3.05) is 19.0 Å². The zero-order valence-corrected chi connectivity index (χ0v) is 11.2. The lowest BCUT2D eigenvalue weighted by Gasteiger charge is -2.12. The molecular weight excluding hydrogens is 248 g/mol. The minimum atomic E-state index is -0.701. The number of carbonyl (C=O) groups is 2. The number of nitrogens with one attached hydrogen (secondary N) is 2. The first-order valence-electron chi connectivity index (χ1n) is 5.95. The van der Waals surface area contributed by atoms with Gasteiger partial charge in [-0.3, -0.25) is 0 Å². The van der Waals surface area contributed by atoms with Crippen molar-refractivity contribution in [2.45, 2.75) is 19.9 Å². The Balaban J connectivity index is 2.50. The summed E-state index contributed by atoms with van der Waals surface area (Å²) in [6.45, 7) is 4.03. The van der Waals surface area contributed by atoms with E-state index in [1.807, 2.05) is 6.92 Å². The molecule has 6 heteroatoms. The smallest absolute Gasteiger partial charge is 0.328 e. The minimum absolute atomic E-state index is 0.470. The Hall–Kier alpha value is -2.24. The van der Waals surface area contributed by atoms with Crippen molar-refractivity contribution in [3.63, 3.8) is 0 Å². The fourth-order valence-electron chi connectivity index (χ4n) is 1.40. The van der Waals surface area contributed by atoms with Crippen LogP contribution in [0.4, 0.5) is 10.5 Å². The van der Waals surface area contributed by atoms with Crippen LogP contribution in [0.15, 0.2) is 24.3 Å². The molecule has 0 bridgehead atoms. The molecule has 104 valence electrons. The summed E-state index contributed by atoms with van der Waals surface area (Å²) in [5.41, 5.74) is 0.609. The monoisotopic (exact) mass is 266 g/mol. The minimum Gasteiger partial charge on any atom is -0.494 e. The SMILES string of the molecule is CCOc1ccc(NC(=O)N[C@@H](C)C(=O)OC)cc1. The van der Waals surface area contributed by atoms with E-state index in [0.717, 1.165) is 5.75 Å². The van der Waals surface area contributed by atoms with Gasteiger partial charge in [0.25, 0.3) is 0 Å². The Kier molecular flexibility index (Phi) is 5.66. The molecule has 0 aromatic heterocycles. The molecular formula is C13H18N2O4. The van der Waals surface area contributed by atoms with Crippen LogP contribution in [0.3, 0.4) is 0 Å². The van der Waals surface area contributed by atoms with Gasteiger partial charge in [0, 0.05) is 5.69 Å². The van der Waals surface area contributed by atoms with Gasteiger partial charge < -0.3 is 20.1 Å². The van der Waals surface area contributed by atoms with Gasteiger partial charge >= 0.3 is 12.0 Å². The second kappa shape index (κ2) is 7.25. The van der Waals surface area contributed by atoms with Gasteiger partial charge in [0.2, 0.25) is 0 Å². The van der Waals surface area contributed by atoms with E-state index < -0.39 is 18.0 Å². The molecule has 0 aliphatic rings.